The van der Waals surface area contributed by atoms with E-state index in [1.54, 1.807) is 0 Å². The maximum absolute atomic E-state index is 11.3. The maximum Gasteiger partial charge on any atom is 0.308 e. The van der Waals surface area contributed by atoms with Crippen LogP contribution in [-0.4, -0.2) is 74.9 Å². The van der Waals surface area contributed by atoms with Crippen LogP contribution < -0.4 is 0 Å². The first-order chi connectivity index (χ1) is 10.1. The largest absolute Gasteiger partial charge is 0.469 e. The van der Waals surface area contributed by atoms with Crippen LogP contribution in [0.2, 0.25) is 0 Å². The Morgan fingerprint density at radius 3 is 2.48 bits per heavy atom. The van der Waals surface area contributed by atoms with Crippen LogP contribution in [0.15, 0.2) is 0 Å². The number of morpholine rings is 1. The summed E-state index contributed by atoms with van der Waals surface area (Å²) in [6.45, 7) is 11.9. The average Bonchev–Trinajstić information content (AvgIpc) is 2.44. The smallest absolute Gasteiger partial charge is 0.308 e. The van der Waals surface area contributed by atoms with E-state index in [4.69, 9.17) is 9.47 Å². The lowest BCUT2D eigenvalue weighted by molar-refractivity contribution is -0.145. The van der Waals surface area contributed by atoms with Crippen LogP contribution >= 0.6 is 0 Å². The minimum Gasteiger partial charge on any atom is -0.469 e. The van der Waals surface area contributed by atoms with Gasteiger partial charge in [0, 0.05) is 39.3 Å². The molecule has 0 radical (unpaired) electrons. The fourth-order valence-corrected chi connectivity index (χ4v) is 3.63. The van der Waals surface area contributed by atoms with Gasteiger partial charge in [0.25, 0.3) is 0 Å². The van der Waals surface area contributed by atoms with E-state index in [0.29, 0.717) is 13.0 Å². The predicted octanol–water partition coefficient (Wildman–Crippen LogP) is 1.23. The van der Waals surface area contributed by atoms with E-state index in [-0.39, 0.29) is 12.1 Å². The third-order valence-corrected chi connectivity index (χ3v) is 4.52. The average molecular weight is 298 g/mol. The van der Waals surface area contributed by atoms with Crippen LogP contribution in [0.25, 0.3) is 0 Å². The van der Waals surface area contributed by atoms with Crippen LogP contribution in [0, 0.1) is 11.8 Å². The van der Waals surface area contributed by atoms with Crippen molar-refractivity contribution in [2.75, 3.05) is 53.0 Å². The molecule has 2 heterocycles. The summed E-state index contributed by atoms with van der Waals surface area (Å²) in [6.07, 6.45) is 1.71. The number of hydrogen-bond acceptors (Lipinski definition) is 5. The van der Waals surface area contributed by atoms with E-state index in [9.17, 15) is 4.79 Å². The van der Waals surface area contributed by atoms with Crippen LogP contribution in [0.1, 0.15) is 26.7 Å². The molecule has 0 bridgehead atoms. The van der Waals surface area contributed by atoms with Gasteiger partial charge in [0.05, 0.1) is 26.2 Å². The fourth-order valence-electron chi connectivity index (χ4n) is 3.63. The SMILES string of the molecule is COC(=O)C[C@@H]1CN(CCN2C[C@@H](C)C[C@H](C)C2)CCO1. The van der Waals surface area contributed by atoms with Crippen molar-refractivity contribution < 1.29 is 14.3 Å². The van der Waals surface area contributed by atoms with Crippen molar-refractivity contribution in [1.82, 2.24) is 9.80 Å². The van der Waals surface area contributed by atoms with Gasteiger partial charge < -0.3 is 14.4 Å². The Bertz CT molecular complexity index is 327. The van der Waals surface area contributed by atoms with E-state index < -0.39 is 0 Å². The molecule has 21 heavy (non-hydrogen) atoms. The molecular weight excluding hydrogens is 268 g/mol. The Morgan fingerprint density at radius 1 is 1.14 bits per heavy atom. The minimum atomic E-state index is -0.180. The number of esters is 1. The summed E-state index contributed by atoms with van der Waals surface area (Å²) in [7, 11) is 1.43. The molecule has 3 atom stereocenters. The maximum atomic E-state index is 11.3. The second-order valence-corrected chi connectivity index (χ2v) is 6.78. The molecule has 0 aliphatic carbocycles. The summed E-state index contributed by atoms with van der Waals surface area (Å²) >= 11 is 0. The van der Waals surface area contributed by atoms with Crippen molar-refractivity contribution in [1.29, 1.82) is 0 Å². The standard InChI is InChI=1S/C16H30N2O3/c1-13-8-14(2)11-18(10-13)5-4-17-6-7-21-15(12-17)9-16(19)20-3/h13-15H,4-12H2,1-3H3/t13-,14-,15+/m0/s1. The van der Waals surface area contributed by atoms with Crippen LogP contribution in [-0.2, 0) is 14.3 Å². The number of piperidine rings is 1. The molecule has 0 saturated carbocycles. The van der Waals surface area contributed by atoms with E-state index in [0.717, 1.165) is 38.0 Å². The second kappa shape index (κ2) is 8.11. The molecular formula is C16H30N2O3. The van der Waals surface area contributed by atoms with Crippen LogP contribution in [0.5, 0.6) is 0 Å². The number of likely N-dealkylation sites (tertiary alicyclic amines) is 1. The van der Waals surface area contributed by atoms with E-state index in [1.165, 1.54) is 26.6 Å². The highest BCUT2D eigenvalue weighted by Crippen LogP contribution is 2.20. The molecule has 0 N–H and O–H groups in total. The Morgan fingerprint density at radius 2 is 1.81 bits per heavy atom. The van der Waals surface area contributed by atoms with Crippen molar-refractivity contribution in [3.05, 3.63) is 0 Å². The Hall–Kier alpha value is -0.650. The first-order valence-corrected chi connectivity index (χ1v) is 8.20. The number of rotatable bonds is 5. The quantitative estimate of drug-likeness (QED) is 0.714. The number of carbonyl (C=O) groups is 1. The fraction of sp³-hybridized carbons (Fsp3) is 0.938. The molecule has 5 heteroatoms. The molecule has 0 aromatic heterocycles. The molecule has 2 aliphatic rings. The lowest BCUT2D eigenvalue weighted by Gasteiger charge is -2.38. The van der Waals surface area contributed by atoms with Crippen molar-refractivity contribution in [3.63, 3.8) is 0 Å². The molecule has 2 fully saturated rings. The number of methoxy groups -OCH3 is 1. The highest BCUT2D eigenvalue weighted by atomic mass is 16.5. The zero-order valence-corrected chi connectivity index (χ0v) is 13.7. The zero-order valence-electron chi connectivity index (χ0n) is 13.7. The van der Waals surface area contributed by atoms with Crippen molar-refractivity contribution in [2.45, 2.75) is 32.8 Å². The van der Waals surface area contributed by atoms with Gasteiger partial charge in [-0.25, -0.2) is 0 Å². The lowest BCUT2D eigenvalue weighted by atomic mass is 9.92. The zero-order chi connectivity index (χ0) is 15.2. The van der Waals surface area contributed by atoms with Crippen LogP contribution in [0.3, 0.4) is 0 Å². The van der Waals surface area contributed by atoms with Gasteiger partial charge >= 0.3 is 5.97 Å². The minimum absolute atomic E-state index is 0.00889. The normalized spacial score (nSPS) is 32.0. The summed E-state index contributed by atoms with van der Waals surface area (Å²) in [6, 6.07) is 0. The number of ether oxygens (including phenoxy) is 2. The first kappa shape index (κ1) is 16.7. The van der Waals surface area contributed by atoms with Gasteiger partial charge in [0.2, 0.25) is 0 Å². The summed E-state index contributed by atoms with van der Waals surface area (Å²) < 4.78 is 10.4. The molecule has 5 nitrogen and oxygen atoms in total. The lowest BCUT2D eigenvalue weighted by Crippen LogP contribution is -2.48. The van der Waals surface area contributed by atoms with Crippen molar-refractivity contribution in [3.8, 4) is 0 Å². The van der Waals surface area contributed by atoms with Gasteiger partial charge in [-0.1, -0.05) is 13.8 Å². The van der Waals surface area contributed by atoms with E-state index in [1.807, 2.05) is 0 Å². The molecule has 0 spiro atoms. The third-order valence-electron chi connectivity index (χ3n) is 4.52. The topological polar surface area (TPSA) is 42.0 Å². The van der Waals surface area contributed by atoms with Gasteiger partial charge in [0.1, 0.15) is 0 Å². The Balaban J connectivity index is 1.71. The third kappa shape index (κ3) is 5.57. The summed E-state index contributed by atoms with van der Waals surface area (Å²) in [5, 5.41) is 0. The summed E-state index contributed by atoms with van der Waals surface area (Å²) in [5.41, 5.74) is 0. The van der Waals surface area contributed by atoms with Crippen LogP contribution in [0.4, 0.5) is 0 Å². The van der Waals surface area contributed by atoms with Gasteiger partial charge in [-0.2, -0.15) is 0 Å². The van der Waals surface area contributed by atoms with E-state index >= 15 is 0 Å². The van der Waals surface area contributed by atoms with Gasteiger partial charge in [-0.05, 0) is 18.3 Å². The Labute approximate surface area is 128 Å². The summed E-state index contributed by atoms with van der Waals surface area (Å²) in [5.74, 6) is 1.44. The molecule has 122 valence electrons. The van der Waals surface area contributed by atoms with E-state index in [2.05, 4.69) is 23.6 Å². The van der Waals surface area contributed by atoms with Crippen molar-refractivity contribution in [2.24, 2.45) is 11.8 Å². The highest BCUT2D eigenvalue weighted by Gasteiger charge is 2.25. The molecule has 2 saturated heterocycles. The molecule has 0 amide bonds. The second-order valence-electron chi connectivity index (χ2n) is 6.78. The molecule has 0 aromatic rings. The van der Waals surface area contributed by atoms with Gasteiger partial charge in [-0.15, -0.1) is 0 Å². The molecule has 2 rings (SSSR count). The van der Waals surface area contributed by atoms with Crippen molar-refractivity contribution >= 4 is 5.97 Å². The predicted molar refractivity (Wildman–Crippen MR) is 82.2 cm³/mol. The number of hydrogen-bond donors (Lipinski definition) is 0. The van der Waals surface area contributed by atoms with Gasteiger partial charge in [0.15, 0.2) is 0 Å². The molecule has 0 unspecified atom stereocenters. The molecule has 0 aromatic carbocycles. The monoisotopic (exact) mass is 298 g/mol. The highest BCUT2D eigenvalue weighted by molar-refractivity contribution is 5.69. The number of nitrogens with zero attached hydrogens (tertiary/aromatic N) is 2. The summed E-state index contributed by atoms with van der Waals surface area (Å²) in [4.78, 5) is 16.3. The van der Waals surface area contributed by atoms with Gasteiger partial charge in [-0.3, -0.25) is 9.69 Å². The first-order valence-electron chi connectivity index (χ1n) is 8.20. The molecule has 2 aliphatic heterocycles. The Kier molecular flexibility index (Phi) is 6.45. The number of carbonyl (C=O) groups excluding carboxylic acids is 1.